The van der Waals surface area contributed by atoms with Crippen LogP contribution >= 0.6 is 15.9 Å². The number of ether oxygens (including phenoxy) is 4. The van der Waals surface area contributed by atoms with Gasteiger partial charge in [0.1, 0.15) is 0 Å². The molecule has 5 heteroatoms. The van der Waals surface area contributed by atoms with E-state index in [4.69, 9.17) is 18.9 Å². The first kappa shape index (κ1) is 37.3. The highest BCUT2D eigenvalue weighted by atomic mass is 79.9. The Bertz CT molecular complexity index is 1730. The molecule has 0 radical (unpaired) electrons. The molecule has 4 aromatic rings. The van der Waals surface area contributed by atoms with Gasteiger partial charge in [-0.05, 0) is 112 Å². The first-order valence-corrected chi connectivity index (χ1v) is 20.1. The third-order valence-electron chi connectivity index (χ3n) is 11.4. The maximum Gasteiger partial charge on any atom is 0.161 e. The van der Waals surface area contributed by atoms with Crippen molar-refractivity contribution in [3.63, 3.8) is 0 Å². The average molecular weight is 754 g/mol. The second-order valence-electron chi connectivity index (χ2n) is 15.5. The Hall–Kier alpha value is -3.44. The van der Waals surface area contributed by atoms with E-state index < -0.39 is 5.41 Å². The van der Waals surface area contributed by atoms with Gasteiger partial charge in [0.15, 0.2) is 23.0 Å². The van der Waals surface area contributed by atoms with Crippen LogP contribution in [0.5, 0.6) is 23.0 Å². The Balaban J connectivity index is 1.67. The molecule has 0 saturated heterocycles. The van der Waals surface area contributed by atoms with Gasteiger partial charge in [0.25, 0.3) is 0 Å². The quantitative estimate of drug-likeness (QED) is 0.0986. The van der Waals surface area contributed by atoms with Crippen LogP contribution in [-0.2, 0) is 5.41 Å². The van der Waals surface area contributed by atoms with Crippen LogP contribution in [0.3, 0.4) is 0 Å². The van der Waals surface area contributed by atoms with E-state index in [9.17, 15) is 0 Å². The molecule has 0 fully saturated rings. The zero-order valence-electron chi connectivity index (χ0n) is 32.3. The van der Waals surface area contributed by atoms with E-state index in [1.54, 1.807) is 0 Å². The molecule has 2 aliphatic rings. The largest absolute Gasteiger partial charge is 0.489 e. The minimum absolute atomic E-state index is 0.425. The standard InChI is InChI=1S/C46H57BrO4/c1-10-28(5)24-48-42-20-36-37-21-43(49-25-29(6)11-2)45(51-27-31(8)13-4)23-41(37)46(40(36)22-44(42)50-26-30(7)12-3)38-18-32(9)14-16-34(38)35-17-15-33(47)19-39(35)46/h14-23,28-31H,10-13,24-27H2,1-9H3. The highest BCUT2D eigenvalue weighted by Crippen LogP contribution is 2.65. The molecule has 6 rings (SSSR count). The maximum absolute atomic E-state index is 6.72. The van der Waals surface area contributed by atoms with Crippen molar-refractivity contribution in [2.24, 2.45) is 23.7 Å². The molecule has 0 bridgehead atoms. The summed E-state index contributed by atoms with van der Waals surface area (Å²) in [5, 5.41) is 0. The lowest BCUT2D eigenvalue weighted by Crippen LogP contribution is -2.26. The Labute approximate surface area is 315 Å². The van der Waals surface area contributed by atoms with Crippen molar-refractivity contribution in [3.05, 3.63) is 93.0 Å². The van der Waals surface area contributed by atoms with Crippen LogP contribution in [0.4, 0.5) is 0 Å². The lowest BCUT2D eigenvalue weighted by molar-refractivity contribution is 0.217. The smallest absolute Gasteiger partial charge is 0.161 e. The molecule has 4 unspecified atom stereocenters. The van der Waals surface area contributed by atoms with E-state index in [2.05, 4.69) is 139 Å². The first-order valence-electron chi connectivity index (χ1n) is 19.3. The second kappa shape index (κ2) is 15.7. The summed E-state index contributed by atoms with van der Waals surface area (Å²) < 4.78 is 27.8. The van der Waals surface area contributed by atoms with E-state index in [0.717, 1.165) is 64.3 Å². The third kappa shape index (κ3) is 7.04. The van der Waals surface area contributed by atoms with Gasteiger partial charge in [-0.15, -0.1) is 0 Å². The molecule has 1 spiro atoms. The molecule has 0 heterocycles. The van der Waals surface area contributed by atoms with Crippen molar-refractivity contribution in [2.75, 3.05) is 26.4 Å². The van der Waals surface area contributed by atoms with Crippen molar-refractivity contribution in [1.29, 1.82) is 0 Å². The van der Waals surface area contributed by atoms with Crippen molar-refractivity contribution in [3.8, 4) is 45.3 Å². The first-order chi connectivity index (χ1) is 24.5. The fourth-order valence-corrected chi connectivity index (χ4v) is 7.53. The molecule has 0 N–H and O–H groups in total. The van der Waals surface area contributed by atoms with Crippen LogP contribution in [-0.4, -0.2) is 26.4 Å². The fourth-order valence-electron chi connectivity index (χ4n) is 7.17. The lowest BCUT2D eigenvalue weighted by atomic mass is 9.70. The van der Waals surface area contributed by atoms with Gasteiger partial charge in [-0.1, -0.05) is 127 Å². The Morgan fingerprint density at radius 2 is 0.824 bits per heavy atom. The van der Waals surface area contributed by atoms with E-state index in [1.165, 1.54) is 38.9 Å². The third-order valence-corrected chi connectivity index (χ3v) is 11.9. The number of hydrogen-bond acceptors (Lipinski definition) is 4. The lowest BCUT2D eigenvalue weighted by Gasteiger charge is -2.32. The Morgan fingerprint density at radius 3 is 1.24 bits per heavy atom. The van der Waals surface area contributed by atoms with Gasteiger partial charge in [-0.25, -0.2) is 0 Å². The number of aryl methyl sites for hydroxylation is 1. The average Bonchev–Trinajstić information content (AvgIpc) is 3.57. The van der Waals surface area contributed by atoms with Gasteiger partial charge in [0.2, 0.25) is 0 Å². The number of rotatable bonds is 16. The summed E-state index contributed by atoms with van der Waals surface area (Å²) >= 11 is 3.88. The Kier molecular flexibility index (Phi) is 11.5. The van der Waals surface area contributed by atoms with Crippen molar-refractivity contribution in [1.82, 2.24) is 0 Å². The van der Waals surface area contributed by atoms with Crippen LogP contribution in [0, 0.1) is 30.6 Å². The van der Waals surface area contributed by atoms with Gasteiger partial charge in [-0.2, -0.15) is 0 Å². The van der Waals surface area contributed by atoms with Crippen LogP contribution in [0.15, 0.2) is 65.1 Å². The predicted octanol–water partition coefficient (Wildman–Crippen LogP) is 12.8. The monoisotopic (exact) mass is 752 g/mol. The summed E-state index contributed by atoms with van der Waals surface area (Å²) in [6.45, 7) is 22.6. The topological polar surface area (TPSA) is 36.9 Å². The summed E-state index contributed by atoms with van der Waals surface area (Å²) in [4.78, 5) is 0. The van der Waals surface area contributed by atoms with Gasteiger partial charge < -0.3 is 18.9 Å². The van der Waals surface area contributed by atoms with E-state index >= 15 is 0 Å². The minimum atomic E-state index is -0.585. The SMILES string of the molecule is CCC(C)COc1cc2c(cc1OCC(C)CC)C1(c3cc(C)ccc3-c3ccc(Br)cc31)c1cc(OCC(C)CC)c(OCC(C)CC)cc1-2. The van der Waals surface area contributed by atoms with E-state index in [-0.39, 0.29) is 0 Å². The highest BCUT2D eigenvalue weighted by molar-refractivity contribution is 9.10. The normalized spacial score (nSPS) is 17.6. The molecule has 4 nitrogen and oxygen atoms in total. The molecule has 0 saturated carbocycles. The van der Waals surface area contributed by atoms with Crippen LogP contribution in [0.1, 0.15) is 109 Å². The molecule has 272 valence electrons. The number of benzene rings is 4. The minimum Gasteiger partial charge on any atom is -0.489 e. The van der Waals surface area contributed by atoms with Gasteiger partial charge in [0.05, 0.1) is 31.8 Å². The molecule has 4 aromatic carbocycles. The molecule has 0 amide bonds. The van der Waals surface area contributed by atoms with Crippen LogP contribution < -0.4 is 18.9 Å². The summed E-state index contributed by atoms with van der Waals surface area (Å²) in [5.74, 6) is 4.93. The van der Waals surface area contributed by atoms with Crippen molar-refractivity contribution >= 4 is 15.9 Å². The number of hydrogen-bond donors (Lipinski definition) is 0. The number of halogens is 1. The highest BCUT2D eigenvalue weighted by Gasteiger charge is 2.53. The zero-order chi connectivity index (χ0) is 36.4. The zero-order valence-corrected chi connectivity index (χ0v) is 33.8. The molecule has 51 heavy (non-hydrogen) atoms. The molecule has 2 aliphatic carbocycles. The number of fused-ring (bicyclic) bond motifs is 10. The molecule has 0 aliphatic heterocycles. The second-order valence-corrected chi connectivity index (χ2v) is 16.4. The molecular formula is C46H57BrO4. The Morgan fingerprint density at radius 1 is 0.471 bits per heavy atom. The van der Waals surface area contributed by atoms with Crippen molar-refractivity contribution in [2.45, 2.75) is 93.4 Å². The van der Waals surface area contributed by atoms with Gasteiger partial charge in [0, 0.05) is 4.47 Å². The summed E-state index contributed by atoms with van der Waals surface area (Å²) in [7, 11) is 0. The van der Waals surface area contributed by atoms with Crippen LogP contribution in [0.25, 0.3) is 22.3 Å². The predicted molar refractivity (Wildman–Crippen MR) is 215 cm³/mol. The summed E-state index contributed by atoms with van der Waals surface area (Å²) in [5.41, 5.74) is 10.5. The summed E-state index contributed by atoms with van der Waals surface area (Å²) in [6, 6.07) is 22.8. The molecule has 0 aromatic heterocycles. The van der Waals surface area contributed by atoms with Gasteiger partial charge >= 0.3 is 0 Å². The van der Waals surface area contributed by atoms with Gasteiger partial charge in [-0.3, -0.25) is 0 Å². The summed E-state index contributed by atoms with van der Waals surface area (Å²) in [6.07, 6.45) is 4.21. The molecular weight excluding hydrogens is 696 g/mol. The maximum atomic E-state index is 6.72. The van der Waals surface area contributed by atoms with E-state index in [1.807, 2.05) is 0 Å². The fraction of sp³-hybridized carbons (Fsp3) is 0.478. The van der Waals surface area contributed by atoms with Crippen LogP contribution in [0.2, 0.25) is 0 Å². The van der Waals surface area contributed by atoms with E-state index in [0.29, 0.717) is 50.1 Å². The van der Waals surface area contributed by atoms with Crippen molar-refractivity contribution < 1.29 is 18.9 Å². The molecule has 4 atom stereocenters.